The average molecular weight is 582 g/mol. The molecule has 0 aliphatic rings. The van der Waals surface area contributed by atoms with Gasteiger partial charge in [-0.3, -0.25) is 19.3 Å². The molecule has 0 bridgehead atoms. The lowest BCUT2D eigenvalue weighted by atomic mass is 9.99. The lowest BCUT2D eigenvalue weighted by Crippen LogP contribution is -2.31. The lowest BCUT2D eigenvalue weighted by molar-refractivity contribution is 0.337. The zero-order valence-electron chi connectivity index (χ0n) is 24.8. The summed E-state index contributed by atoms with van der Waals surface area (Å²) in [5.74, 6) is 1.11. The quantitative estimate of drug-likeness (QED) is 0.195. The Labute approximate surface area is 249 Å². The van der Waals surface area contributed by atoms with Crippen LogP contribution in [0, 0.1) is 0 Å². The van der Waals surface area contributed by atoms with Crippen LogP contribution in [0.5, 0.6) is 5.75 Å². The first-order valence-corrected chi connectivity index (χ1v) is 14.6. The van der Waals surface area contributed by atoms with Gasteiger partial charge in [0.15, 0.2) is 11.6 Å². The highest BCUT2D eigenvalue weighted by atomic mass is 16.5. The van der Waals surface area contributed by atoms with Gasteiger partial charge in [0.05, 0.1) is 30.4 Å². The zero-order chi connectivity index (χ0) is 30.3. The predicted molar refractivity (Wildman–Crippen MR) is 163 cm³/mol. The Morgan fingerprint density at radius 3 is 2.35 bits per heavy atom. The molecule has 1 aromatic carbocycles. The summed E-state index contributed by atoms with van der Waals surface area (Å²) in [4.78, 5) is 47.0. The maximum absolute atomic E-state index is 14.2. The first-order valence-electron chi connectivity index (χ1n) is 14.6. The number of pyridine rings is 1. The van der Waals surface area contributed by atoms with Gasteiger partial charge < -0.3 is 4.74 Å². The van der Waals surface area contributed by atoms with Crippen LogP contribution in [-0.2, 0) is 12.8 Å². The first kappa shape index (κ1) is 29.6. The minimum Gasteiger partial charge on any atom is -0.491 e. The molecule has 0 amide bonds. The van der Waals surface area contributed by atoms with Gasteiger partial charge in [0.1, 0.15) is 5.82 Å². The number of nitrogens with one attached hydrogen (secondary N) is 1. The normalized spacial score (nSPS) is 11.3. The fourth-order valence-electron chi connectivity index (χ4n) is 4.94. The summed E-state index contributed by atoms with van der Waals surface area (Å²) in [6, 6.07) is 11.3. The molecule has 0 unspecified atom stereocenters. The molecule has 222 valence electrons. The van der Waals surface area contributed by atoms with Crippen molar-refractivity contribution in [3.63, 3.8) is 0 Å². The number of ether oxygens (including phenoxy) is 1. The second kappa shape index (κ2) is 13.4. The number of hydrogen-bond acceptors (Lipinski definition) is 9. The van der Waals surface area contributed by atoms with Gasteiger partial charge in [0.25, 0.3) is 5.56 Å². The van der Waals surface area contributed by atoms with Crippen molar-refractivity contribution in [2.45, 2.75) is 65.7 Å². The van der Waals surface area contributed by atoms with Crippen LogP contribution in [-0.4, -0.2) is 41.3 Å². The van der Waals surface area contributed by atoms with Gasteiger partial charge in [-0.1, -0.05) is 69.1 Å². The van der Waals surface area contributed by atoms with E-state index in [1.165, 1.54) is 4.57 Å². The van der Waals surface area contributed by atoms with Crippen molar-refractivity contribution in [3.05, 3.63) is 98.5 Å². The van der Waals surface area contributed by atoms with E-state index in [2.05, 4.69) is 27.0 Å². The van der Waals surface area contributed by atoms with E-state index in [1.807, 2.05) is 57.2 Å². The van der Waals surface area contributed by atoms with Crippen LogP contribution in [0.1, 0.15) is 75.5 Å². The zero-order valence-corrected chi connectivity index (χ0v) is 24.8. The molecule has 43 heavy (non-hydrogen) atoms. The van der Waals surface area contributed by atoms with Gasteiger partial charge >= 0.3 is 5.76 Å². The third-order valence-corrected chi connectivity index (χ3v) is 7.05. The molecule has 5 aromatic rings. The van der Waals surface area contributed by atoms with Gasteiger partial charge in [-0.15, -0.1) is 0 Å². The van der Waals surface area contributed by atoms with Gasteiger partial charge in [0.2, 0.25) is 5.95 Å². The topological polar surface area (TPSA) is 142 Å². The summed E-state index contributed by atoms with van der Waals surface area (Å²) in [5.41, 5.74) is 4.26. The highest BCUT2D eigenvalue weighted by Gasteiger charge is 2.22. The number of nitrogens with zero attached hydrogens (tertiary/aromatic N) is 6. The monoisotopic (exact) mass is 581 g/mol. The molecule has 0 radical (unpaired) electrons. The molecule has 1 N–H and O–H groups in total. The number of aryl methyl sites for hydroxylation is 1. The molecular formula is C32H35N7O4. The second-order valence-corrected chi connectivity index (χ2v) is 10.5. The number of aromatic amines is 1. The second-order valence-electron chi connectivity index (χ2n) is 10.5. The fourth-order valence-corrected chi connectivity index (χ4v) is 4.94. The van der Waals surface area contributed by atoms with Crippen LogP contribution in [0.2, 0.25) is 0 Å². The Morgan fingerprint density at radius 1 is 0.953 bits per heavy atom. The number of H-pyrrole nitrogens is 1. The summed E-state index contributed by atoms with van der Waals surface area (Å²) in [5, 5.41) is 3.83. The smallest absolute Gasteiger partial charge is 0.439 e. The minimum atomic E-state index is -0.624. The number of benzene rings is 1. The molecule has 0 aliphatic heterocycles. The maximum atomic E-state index is 14.2. The number of unbranched alkanes of at least 4 members (excludes halogenated alkanes) is 2. The summed E-state index contributed by atoms with van der Waals surface area (Å²) in [6.07, 6.45) is 9.04. The molecule has 4 heterocycles. The molecule has 11 heteroatoms. The molecule has 0 saturated heterocycles. The third kappa shape index (κ3) is 6.61. The van der Waals surface area contributed by atoms with E-state index >= 15 is 0 Å². The first-order chi connectivity index (χ1) is 20.9. The van der Waals surface area contributed by atoms with E-state index < -0.39 is 5.76 Å². The molecule has 0 aliphatic carbocycles. The lowest BCUT2D eigenvalue weighted by Gasteiger charge is -2.18. The Bertz CT molecular complexity index is 1790. The molecule has 5 rings (SSSR count). The Morgan fingerprint density at radius 2 is 1.72 bits per heavy atom. The van der Waals surface area contributed by atoms with Crippen molar-refractivity contribution in [1.82, 2.24) is 34.6 Å². The SMILES string of the molecule is CCCCCc1nc(C(C)C)n(-c2ncc(OCC)cn2)c(=O)c1Cc1ccc(-c2ccccc2-c2noc(=O)[nH]2)nc1. The van der Waals surface area contributed by atoms with Gasteiger partial charge in [0, 0.05) is 35.2 Å². The Balaban J connectivity index is 1.54. The molecule has 11 nitrogen and oxygen atoms in total. The largest absolute Gasteiger partial charge is 0.491 e. The van der Waals surface area contributed by atoms with E-state index in [4.69, 9.17) is 19.2 Å². The van der Waals surface area contributed by atoms with E-state index in [-0.39, 0.29) is 17.4 Å². The number of aromatic nitrogens is 7. The molecule has 4 aromatic heterocycles. The molecule has 0 saturated carbocycles. The van der Waals surface area contributed by atoms with E-state index in [1.54, 1.807) is 18.6 Å². The summed E-state index contributed by atoms with van der Waals surface area (Å²) >= 11 is 0. The summed E-state index contributed by atoms with van der Waals surface area (Å²) < 4.78 is 11.7. The van der Waals surface area contributed by atoms with Crippen LogP contribution in [0.4, 0.5) is 0 Å². The van der Waals surface area contributed by atoms with Crippen LogP contribution in [0.15, 0.2) is 69.1 Å². The maximum Gasteiger partial charge on any atom is 0.439 e. The standard InChI is InChI=1S/C32H35N7O4/c1-5-7-8-13-27-25(30(40)39(29(36-27)20(3)4)31-34-18-22(19-35-31)42-6-2)16-21-14-15-26(33-17-21)23-11-9-10-12-24(23)28-37-32(41)43-38-28/h9-12,14-15,17-20H,5-8,13,16H2,1-4H3,(H,37,38,41). The van der Waals surface area contributed by atoms with Gasteiger partial charge in [-0.25, -0.2) is 24.3 Å². The van der Waals surface area contributed by atoms with Crippen LogP contribution >= 0.6 is 0 Å². The summed E-state index contributed by atoms with van der Waals surface area (Å²) in [7, 11) is 0. The predicted octanol–water partition coefficient (Wildman–Crippen LogP) is 5.27. The van der Waals surface area contributed by atoms with Crippen molar-refractivity contribution in [2.75, 3.05) is 6.61 Å². The van der Waals surface area contributed by atoms with Gasteiger partial charge in [-0.05, 0) is 31.4 Å². The van der Waals surface area contributed by atoms with E-state index in [0.29, 0.717) is 53.7 Å². The minimum absolute atomic E-state index is 0.0254. The van der Waals surface area contributed by atoms with Crippen molar-refractivity contribution in [1.29, 1.82) is 0 Å². The summed E-state index contributed by atoms with van der Waals surface area (Å²) in [6.45, 7) is 8.56. The van der Waals surface area contributed by atoms with Crippen molar-refractivity contribution in [3.8, 4) is 34.3 Å². The Kier molecular flexibility index (Phi) is 9.19. The van der Waals surface area contributed by atoms with Gasteiger partial charge in [-0.2, -0.15) is 0 Å². The fraction of sp³-hybridized carbons (Fsp3) is 0.344. The number of hydrogen-bond donors (Lipinski definition) is 1. The number of rotatable bonds is 12. The van der Waals surface area contributed by atoms with E-state index in [0.717, 1.165) is 36.1 Å². The van der Waals surface area contributed by atoms with E-state index in [9.17, 15) is 9.59 Å². The van der Waals surface area contributed by atoms with Crippen molar-refractivity contribution < 1.29 is 9.26 Å². The van der Waals surface area contributed by atoms with Crippen LogP contribution in [0.25, 0.3) is 28.6 Å². The Hall–Kier alpha value is -4.93. The third-order valence-electron chi connectivity index (χ3n) is 7.05. The molecule has 0 spiro atoms. The van der Waals surface area contributed by atoms with Crippen molar-refractivity contribution in [2.24, 2.45) is 0 Å². The highest BCUT2D eigenvalue weighted by molar-refractivity contribution is 5.78. The van der Waals surface area contributed by atoms with Crippen molar-refractivity contribution >= 4 is 0 Å². The van der Waals surface area contributed by atoms with Crippen LogP contribution < -0.4 is 16.1 Å². The molecule has 0 atom stereocenters. The molecular weight excluding hydrogens is 546 g/mol. The van der Waals surface area contributed by atoms with Crippen LogP contribution in [0.3, 0.4) is 0 Å². The molecule has 0 fully saturated rings. The highest BCUT2D eigenvalue weighted by Crippen LogP contribution is 2.29. The average Bonchev–Trinajstić information content (AvgIpc) is 3.45.